The van der Waals surface area contributed by atoms with E-state index in [1.807, 2.05) is 44.3 Å². The molecule has 0 saturated carbocycles. The third-order valence-corrected chi connectivity index (χ3v) is 7.56. The number of amides is 1. The zero-order chi connectivity index (χ0) is 24.9. The lowest BCUT2D eigenvalue weighted by Gasteiger charge is -2.38. The highest BCUT2D eigenvalue weighted by atomic mass is 19.4. The van der Waals surface area contributed by atoms with Crippen LogP contribution in [0.15, 0.2) is 36.7 Å². The van der Waals surface area contributed by atoms with Crippen molar-refractivity contribution in [3.8, 4) is 11.1 Å². The van der Waals surface area contributed by atoms with E-state index in [0.717, 1.165) is 33.5 Å². The van der Waals surface area contributed by atoms with Gasteiger partial charge in [0.1, 0.15) is 0 Å². The van der Waals surface area contributed by atoms with Crippen LogP contribution in [0.3, 0.4) is 0 Å². The Balaban J connectivity index is 1.44. The largest absolute Gasteiger partial charge is 0.416 e. The number of carbonyl (C=O) groups is 1. The van der Waals surface area contributed by atoms with Gasteiger partial charge in [0.25, 0.3) is 5.91 Å². The predicted octanol–water partition coefficient (Wildman–Crippen LogP) is 4.10. The molecule has 5 heterocycles. The van der Waals surface area contributed by atoms with Gasteiger partial charge in [-0.1, -0.05) is 6.07 Å². The molecular formula is C25H21F3N6O2. The molecule has 1 fully saturated rings. The monoisotopic (exact) mass is 494 g/mol. The van der Waals surface area contributed by atoms with Crippen molar-refractivity contribution < 1.29 is 22.7 Å². The molecule has 2 aromatic heterocycles. The number of rotatable bonds is 1. The van der Waals surface area contributed by atoms with E-state index < -0.39 is 12.3 Å². The maximum absolute atomic E-state index is 13.6. The first-order valence-corrected chi connectivity index (χ1v) is 11.6. The summed E-state index contributed by atoms with van der Waals surface area (Å²) in [6, 6.07) is 9.09. The highest BCUT2D eigenvalue weighted by molar-refractivity contribution is 6.17. The van der Waals surface area contributed by atoms with Crippen LogP contribution in [0, 0.1) is 6.92 Å². The van der Waals surface area contributed by atoms with Crippen molar-refractivity contribution in [3.63, 3.8) is 0 Å². The molecule has 0 bridgehead atoms. The first kappa shape index (κ1) is 21.4. The molecule has 0 aliphatic carbocycles. The maximum atomic E-state index is 13.6. The number of aryl methyl sites for hydroxylation is 1. The van der Waals surface area contributed by atoms with E-state index >= 15 is 0 Å². The van der Waals surface area contributed by atoms with Crippen molar-refractivity contribution in [3.05, 3.63) is 59.2 Å². The number of benzene rings is 2. The van der Waals surface area contributed by atoms with E-state index in [2.05, 4.69) is 15.1 Å². The van der Waals surface area contributed by atoms with Gasteiger partial charge < -0.3 is 14.6 Å². The number of aromatic amines is 1. The fourth-order valence-corrected chi connectivity index (χ4v) is 5.75. The Hall–Kier alpha value is -3.86. The Morgan fingerprint density at radius 2 is 2.03 bits per heavy atom. The first-order valence-electron chi connectivity index (χ1n) is 11.6. The van der Waals surface area contributed by atoms with Crippen LogP contribution in [0.2, 0.25) is 0 Å². The van der Waals surface area contributed by atoms with Crippen LogP contribution in [0.25, 0.3) is 22.2 Å². The van der Waals surface area contributed by atoms with Gasteiger partial charge in [-0.2, -0.15) is 18.3 Å². The standard InChI is InChI=1S/C25H21F3N6O2/c1-12-19-22(31-32(12)2)24(35)34-17-6-5-16-21(30-11-29-16)20(17)15-9-13(3-4-14(15)23(19)34)33-7-8-36-18(10-33)25(26,27)28/h3-6,9,11,18,23H,7-8,10H2,1-2H3,(H,29,30). The fraction of sp³-hybridized carbons (Fsp3) is 0.320. The summed E-state index contributed by atoms with van der Waals surface area (Å²) >= 11 is 0. The zero-order valence-electron chi connectivity index (χ0n) is 19.4. The van der Waals surface area contributed by atoms with E-state index in [-0.39, 0.29) is 25.1 Å². The lowest BCUT2D eigenvalue weighted by molar-refractivity contribution is -0.221. The summed E-state index contributed by atoms with van der Waals surface area (Å²) in [5.74, 6) is -0.175. The van der Waals surface area contributed by atoms with Gasteiger partial charge in [0.05, 0.1) is 42.2 Å². The number of halogens is 3. The van der Waals surface area contributed by atoms with Crippen LogP contribution in [-0.4, -0.2) is 57.6 Å². The molecule has 1 saturated heterocycles. The van der Waals surface area contributed by atoms with Crippen molar-refractivity contribution in [1.82, 2.24) is 19.7 Å². The molecule has 2 unspecified atom stereocenters. The van der Waals surface area contributed by atoms with Gasteiger partial charge >= 0.3 is 6.18 Å². The molecule has 184 valence electrons. The summed E-state index contributed by atoms with van der Waals surface area (Å²) < 4.78 is 46.9. The van der Waals surface area contributed by atoms with Crippen molar-refractivity contribution in [2.24, 2.45) is 7.05 Å². The quantitative estimate of drug-likeness (QED) is 0.431. The minimum absolute atomic E-state index is 0.00932. The Kier molecular flexibility index (Phi) is 4.22. The second-order valence-electron chi connectivity index (χ2n) is 9.43. The molecule has 36 heavy (non-hydrogen) atoms. The van der Waals surface area contributed by atoms with Crippen molar-refractivity contribution in [2.45, 2.75) is 25.2 Å². The molecule has 4 aromatic rings. The van der Waals surface area contributed by atoms with E-state index in [0.29, 0.717) is 29.1 Å². The van der Waals surface area contributed by atoms with Crippen molar-refractivity contribution in [1.29, 1.82) is 0 Å². The Morgan fingerprint density at radius 1 is 1.19 bits per heavy atom. The number of nitrogens with zero attached hydrogens (tertiary/aromatic N) is 5. The molecular weight excluding hydrogens is 473 g/mol. The van der Waals surface area contributed by atoms with Gasteiger partial charge in [0.2, 0.25) is 0 Å². The van der Waals surface area contributed by atoms with Gasteiger partial charge in [0.15, 0.2) is 11.8 Å². The molecule has 2 atom stereocenters. The number of H-pyrrole nitrogens is 1. The lowest BCUT2D eigenvalue weighted by Crippen LogP contribution is -2.49. The normalized spacial score (nSPS) is 21.0. The number of anilines is 2. The minimum atomic E-state index is -4.43. The molecule has 3 aliphatic rings. The van der Waals surface area contributed by atoms with E-state index in [9.17, 15) is 18.0 Å². The molecule has 1 amide bonds. The number of ether oxygens (including phenoxy) is 1. The summed E-state index contributed by atoms with van der Waals surface area (Å²) in [7, 11) is 1.81. The molecule has 1 N–H and O–H groups in total. The van der Waals surface area contributed by atoms with Crippen LogP contribution in [0.1, 0.15) is 33.4 Å². The Bertz CT molecular complexity index is 1570. The van der Waals surface area contributed by atoms with Crippen LogP contribution in [0.5, 0.6) is 0 Å². The number of aromatic nitrogens is 4. The third-order valence-electron chi connectivity index (χ3n) is 7.56. The van der Waals surface area contributed by atoms with Gasteiger partial charge in [-0.15, -0.1) is 0 Å². The van der Waals surface area contributed by atoms with Crippen LogP contribution in [0.4, 0.5) is 24.5 Å². The Morgan fingerprint density at radius 3 is 2.83 bits per heavy atom. The second kappa shape index (κ2) is 7.10. The average Bonchev–Trinajstić information content (AvgIpc) is 3.53. The van der Waals surface area contributed by atoms with Crippen molar-refractivity contribution in [2.75, 3.05) is 29.5 Å². The number of alkyl halides is 3. The smallest absolute Gasteiger partial charge is 0.366 e. The molecule has 7 rings (SSSR count). The number of carbonyl (C=O) groups excluding carboxylic acids is 1. The maximum Gasteiger partial charge on any atom is 0.416 e. The Labute approximate surface area is 203 Å². The number of imidazole rings is 1. The van der Waals surface area contributed by atoms with E-state index in [4.69, 9.17) is 4.74 Å². The molecule has 11 heteroatoms. The molecule has 8 nitrogen and oxygen atoms in total. The van der Waals surface area contributed by atoms with Gasteiger partial charge in [-0.25, -0.2) is 4.98 Å². The number of nitrogens with one attached hydrogen (secondary N) is 1. The van der Waals surface area contributed by atoms with Gasteiger partial charge in [0, 0.05) is 36.1 Å². The zero-order valence-corrected chi connectivity index (χ0v) is 19.4. The van der Waals surface area contributed by atoms with E-state index in [1.54, 1.807) is 20.8 Å². The van der Waals surface area contributed by atoms with E-state index in [1.165, 1.54) is 0 Å². The SMILES string of the molecule is Cc1c2c(nn1C)C(=O)N1c3ccc4[nH]cnc4c3-c3cc(N4CCOC(C(F)(F)F)C4)ccc3C21. The predicted molar refractivity (Wildman–Crippen MR) is 126 cm³/mol. The third kappa shape index (κ3) is 2.77. The topological polar surface area (TPSA) is 79.3 Å². The minimum Gasteiger partial charge on any atom is -0.366 e. The number of hydrogen-bond acceptors (Lipinski definition) is 5. The first-order chi connectivity index (χ1) is 17.2. The summed E-state index contributed by atoms with van der Waals surface area (Å²) in [5.41, 5.74) is 7.59. The van der Waals surface area contributed by atoms with Crippen LogP contribution < -0.4 is 9.80 Å². The molecule has 2 aromatic carbocycles. The molecule has 3 aliphatic heterocycles. The number of hydrogen-bond donors (Lipinski definition) is 1. The highest BCUT2D eigenvalue weighted by Gasteiger charge is 2.48. The highest BCUT2D eigenvalue weighted by Crippen LogP contribution is 2.54. The summed E-state index contributed by atoms with van der Waals surface area (Å²) in [5, 5.41) is 4.49. The summed E-state index contributed by atoms with van der Waals surface area (Å²) in [6.07, 6.45) is -4.67. The van der Waals surface area contributed by atoms with Crippen molar-refractivity contribution >= 4 is 28.3 Å². The van der Waals surface area contributed by atoms with Gasteiger partial charge in [-0.05, 0) is 42.3 Å². The molecule has 0 spiro atoms. The average molecular weight is 494 g/mol. The van der Waals surface area contributed by atoms with Crippen LogP contribution >= 0.6 is 0 Å². The number of morpholine rings is 1. The molecule has 0 radical (unpaired) electrons. The summed E-state index contributed by atoms with van der Waals surface area (Å²) in [6.45, 7) is 2.01. The fourth-order valence-electron chi connectivity index (χ4n) is 5.75. The number of fused-ring (bicyclic) bond motifs is 10. The lowest BCUT2D eigenvalue weighted by atomic mass is 9.85. The summed E-state index contributed by atoms with van der Waals surface area (Å²) in [4.78, 5) is 24.7. The van der Waals surface area contributed by atoms with Crippen LogP contribution in [-0.2, 0) is 11.8 Å². The van der Waals surface area contributed by atoms with Gasteiger partial charge in [-0.3, -0.25) is 14.4 Å². The second-order valence-corrected chi connectivity index (χ2v) is 9.43.